The van der Waals surface area contributed by atoms with Gasteiger partial charge >= 0.3 is 11.8 Å². The molecule has 1 amide bonds. The molecule has 4 aliphatic heterocycles. The van der Waals surface area contributed by atoms with Crippen LogP contribution in [0.3, 0.4) is 0 Å². The number of Topliss-reactive ketones (excluding diaryl/α,β-unsaturated/α-hetero) is 1. The normalized spacial score (nSPS) is 31.2. The number of piperazine rings is 1. The summed E-state index contributed by atoms with van der Waals surface area (Å²) in [5.41, 5.74) is -0.350. The van der Waals surface area contributed by atoms with Gasteiger partial charge in [-0.05, 0) is 27.0 Å². The number of hydrogen-bond acceptors (Lipinski definition) is 15. The number of amides is 1. The fourth-order valence-corrected chi connectivity index (χ4v) is 7.92. The van der Waals surface area contributed by atoms with Crippen molar-refractivity contribution >= 4 is 40.3 Å². The first kappa shape index (κ1) is 44.9. The van der Waals surface area contributed by atoms with Crippen LogP contribution in [0.4, 0.5) is 5.69 Å². The van der Waals surface area contributed by atoms with Crippen LogP contribution in [0.2, 0.25) is 0 Å². The number of likely N-dealkylation sites (N-methyl/N-ethyl adjacent to an activating group) is 1. The molecular formula is C43H58N4O12. The molecule has 5 bridgehead atoms. The molecule has 322 valence electrons. The van der Waals surface area contributed by atoms with Crippen LogP contribution in [-0.2, 0) is 23.8 Å². The van der Waals surface area contributed by atoms with E-state index in [1.807, 2.05) is 7.05 Å². The summed E-state index contributed by atoms with van der Waals surface area (Å²) in [5, 5.41) is 66.8. The Balaban J connectivity index is 1.70. The van der Waals surface area contributed by atoms with Gasteiger partial charge in [-0.3, -0.25) is 19.4 Å². The fraction of sp³-hybridized carbons (Fsp3) is 0.535. The summed E-state index contributed by atoms with van der Waals surface area (Å²) in [6.45, 7) is 15.1. The van der Waals surface area contributed by atoms with Gasteiger partial charge in [-0.25, -0.2) is 0 Å². The molecule has 9 atom stereocenters. The summed E-state index contributed by atoms with van der Waals surface area (Å²) in [6, 6.07) is 0. The number of nitrogens with one attached hydrogen (secondary N) is 1. The van der Waals surface area contributed by atoms with Gasteiger partial charge in [-0.2, -0.15) is 5.10 Å². The van der Waals surface area contributed by atoms with E-state index in [4.69, 9.17) is 18.9 Å². The molecule has 0 aliphatic carbocycles. The molecule has 6 N–H and O–H groups in total. The van der Waals surface area contributed by atoms with Crippen LogP contribution in [0, 0.1) is 30.6 Å². The number of allylic oxidation sites excluding steroid dienone is 2. The summed E-state index contributed by atoms with van der Waals surface area (Å²) in [6.07, 6.45) is 4.86. The second-order valence-corrected chi connectivity index (χ2v) is 16.1. The molecule has 1 saturated heterocycles. The molecule has 16 nitrogen and oxygen atoms in total. The number of phenols is 3. The van der Waals surface area contributed by atoms with Gasteiger partial charge < -0.3 is 54.7 Å². The van der Waals surface area contributed by atoms with Gasteiger partial charge in [-0.15, -0.1) is 0 Å². The predicted octanol–water partition coefficient (Wildman–Crippen LogP) is 4.34. The molecule has 2 aromatic carbocycles. The van der Waals surface area contributed by atoms with E-state index in [0.29, 0.717) is 13.1 Å². The Morgan fingerprint density at radius 2 is 1.61 bits per heavy atom. The van der Waals surface area contributed by atoms with Crippen molar-refractivity contribution in [3.05, 3.63) is 52.8 Å². The second kappa shape index (κ2) is 18.0. The third-order valence-electron chi connectivity index (χ3n) is 11.9. The number of hydrazone groups is 1. The van der Waals surface area contributed by atoms with Crippen molar-refractivity contribution in [2.24, 2.45) is 28.8 Å². The highest BCUT2D eigenvalue weighted by Gasteiger charge is 2.50. The van der Waals surface area contributed by atoms with E-state index in [1.165, 1.54) is 59.4 Å². The van der Waals surface area contributed by atoms with Gasteiger partial charge in [0.1, 0.15) is 23.4 Å². The molecular weight excluding hydrogens is 764 g/mol. The standard InChI is InChI=1S/C43H58N4O12/c1-21-12-11-13-22(2)42(55)45-33-28(20-44-47-17-15-46(9)16-18-47)37(52)30-31(38(33)53)36(51)26(6)40-32(30)41(54)43(8,59-40)57-19-14-29(56-10)23(3)39(58-27(7)48)25(5)35(50)24(4)34(21)49/h11-14,19-21,23-25,29,34-35,39,49-53H,15-18H2,1-10H3,(H,45,55)/b12-11-,19-14-,22-13?,44-20-/t21-,23+,24+,25+,29-,34-,35+,39+,43-/m0/s1. The lowest BCUT2D eigenvalue weighted by Crippen LogP contribution is -2.46. The van der Waals surface area contributed by atoms with Crippen molar-refractivity contribution in [1.29, 1.82) is 0 Å². The zero-order chi connectivity index (χ0) is 43.7. The van der Waals surface area contributed by atoms with Crippen LogP contribution in [-0.4, -0.2) is 130 Å². The molecule has 0 aromatic heterocycles. The van der Waals surface area contributed by atoms with Gasteiger partial charge in [0.25, 0.3) is 11.7 Å². The van der Waals surface area contributed by atoms with Crippen molar-refractivity contribution in [2.45, 2.75) is 85.6 Å². The first-order valence-corrected chi connectivity index (χ1v) is 19.8. The number of aliphatic hydroxyl groups is 2. The summed E-state index contributed by atoms with van der Waals surface area (Å²) in [4.78, 5) is 42.6. The van der Waals surface area contributed by atoms with Crippen LogP contribution in [0.15, 0.2) is 41.2 Å². The van der Waals surface area contributed by atoms with E-state index in [0.717, 1.165) is 13.1 Å². The molecule has 0 radical (unpaired) electrons. The van der Waals surface area contributed by atoms with Crippen LogP contribution in [0.1, 0.15) is 70.0 Å². The number of aromatic hydroxyl groups is 3. The number of phenolic OH excluding ortho intramolecular Hbond substituents is 3. The molecule has 16 heteroatoms. The number of carbonyl (C=O) groups is 3. The van der Waals surface area contributed by atoms with Crippen LogP contribution < -0.4 is 10.1 Å². The SMILES string of the molecule is CO[C@H]1/C=C\O[C@@]2(C)Oc3c(C)c(O)c4c(O)c(c(/C=N\N5CCN(C)CC5)c(O)c4c3C2=O)NC(=O)C(C)=C/C=C\[C@H](C)[C@H](O)[C@@H](C)[C@@H](O)[C@@H](C)[C@H](OC(C)=O)[C@@H]1C. The van der Waals surface area contributed by atoms with Crippen molar-refractivity contribution in [1.82, 2.24) is 9.91 Å². The molecule has 0 spiro atoms. The summed E-state index contributed by atoms with van der Waals surface area (Å²) < 4.78 is 23.6. The highest BCUT2D eigenvalue weighted by Crippen LogP contribution is 2.55. The number of anilines is 1. The quantitative estimate of drug-likeness (QED) is 0.109. The van der Waals surface area contributed by atoms with Crippen molar-refractivity contribution in [3.63, 3.8) is 0 Å². The Kier molecular flexibility index (Phi) is 13.7. The van der Waals surface area contributed by atoms with E-state index in [1.54, 1.807) is 44.9 Å². The maximum absolute atomic E-state index is 14.4. The fourth-order valence-electron chi connectivity index (χ4n) is 7.92. The second-order valence-electron chi connectivity index (χ2n) is 16.1. The van der Waals surface area contributed by atoms with E-state index in [-0.39, 0.29) is 44.5 Å². The number of carbonyl (C=O) groups excluding carboxylic acids is 3. The minimum Gasteiger partial charge on any atom is -0.507 e. The number of hydrogen-bond donors (Lipinski definition) is 6. The molecule has 0 unspecified atom stereocenters. The number of methoxy groups -OCH3 is 1. The highest BCUT2D eigenvalue weighted by molar-refractivity contribution is 6.23. The molecule has 1 fully saturated rings. The lowest BCUT2D eigenvalue weighted by atomic mass is 9.78. The number of rotatable bonds is 4. The Hall–Kier alpha value is -5.16. The molecule has 0 saturated carbocycles. The average Bonchev–Trinajstić information content (AvgIpc) is 3.46. The smallest absolute Gasteiger partial charge is 0.312 e. The first-order valence-electron chi connectivity index (χ1n) is 19.8. The number of ketones is 1. The minimum absolute atomic E-state index is 0.0559. The number of fused-ring (bicyclic) bond motifs is 14. The monoisotopic (exact) mass is 822 g/mol. The Morgan fingerprint density at radius 1 is 0.949 bits per heavy atom. The third kappa shape index (κ3) is 8.91. The number of esters is 1. The third-order valence-corrected chi connectivity index (χ3v) is 11.9. The predicted molar refractivity (Wildman–Crippen MR) is 220 cm³/mol. The van der Waals surface area contributed by atoms with Crippen molar-refractivity contribution in [3.8, 4) is 23.0 Å². The number of ether oxygens (including phenoxy) is 4. The van der Waals surface area contributed by atoms with Crippen LogP contribution in [0.5, 0.6) is 23.0 Å². The van der Waals surface area contributed by atoms with Gasteiger partial charge in [-0.1, -0.05) is 45.9 Å². The number of benzene rings is 2. The molecule has 4 heterocycles. The zero-order valence-electron chi connectivity index (χ0n) is 35.3. The minimum atomic E-state index is -2.04. The maximum atomic E-state index is 14.4. The van der Waals surface area contributed by atoms with Crippen LogP contribution in [0.25, 0.3) is 10.8 Å². The van der Waals surface area contributed by atoms with Gasteiger partial charge in [0, 0.05) is 87.3 Å². The van der Waals surface area contributed by atoms with Crippen molar-refractivity contribution in [2.75, 3.05) is 45.7 Å². The lowest BCUT2D eigenvalue weighted by Gasteiger charge is -2.38. The maximum Gasteiger partial charge on any atom is 0.312 e. The Labute approximate surface area is 344 Å². The zero-order valence-corrected chi connectivity index (χ0v) is 35.3. The summed E-state index contributed by atoms with van der Waals surface area (Å²) >= 11 is 0. The van der Waals surface area contributed by atoms with Gasteiger partial charge in [0.05, 0.1) is 53.0 Å². The molecule has 6 rings (SSSR count). The first-order chi connectivity index (χ1) is 27.7. The topological polar surface area (TPSA) is 220 Å². The van der Waals surface area contributed by atoms with Crippen molar-refractivity contribution < 1.29 is 58.9 Å². The Morgan fingerprint density at radius 3 is 2.24 bits per heavy atom. The van der Waals surface area contributed by atoms with Gasteiger partial charge in [0.15, 0.2) is 5.75 Å². The van der Waals surface area contributed by atoms with Crippen LogP contribution >= 0.6 is 0 Å². The van der Waals surface area contributed by atoms with E-state index < -0.39 is 88.8 Å². The van der Waals surface area contributed by atoms with E-state index in [2.05, 4.69) is 15.3 Å². The summed E-state index contributed by atoms with van der Waals surface area (Å²) in [5.74, 6) is -8.34. The van der Waals surface area contributed by atoms with Gasteiger partial charge in [0.2, 0.25) is 0 Å². The molecule has 59 heavy (non-hydrogen) atoms. The molecule has 4 aliphatic rings. The summed E-state index contributed by atoms with van der Waals surface area (Å²) in [7, 11) is 3.42. The van der Waals surface area contributed by atoms with E-state index >= 15 is 0 Å². The average molecular weight is 823 g/mol. The Bertz CT molecular complexity index is 2070. The largest absolute Gasteiger partial charge is 0.507 e. The highest BCUT2D eigenvalue weighted by atomic mass is 16.7. The molecule has 2 aromatic rings. The lowest BCUT2D eigenvalue weighted by molar-refractivity contribution is -0.160. The van der Waals surface area contributed by atoms with E-state index in [9.17, 15) is 39.9 Å². The number of nitrogens with zero attached hydrogens (tertiary/aromatic N) is 3. The number of aliphatic hydroxyl groups excluding tert-OH is 2.